The van der Waals surface area contributed by atoms with Crippen molar-refractivity contribution < 1.29 is 4.79 Å². The molecule has 3 rings (SSSR count). The number of rotatable bonds is 4. The number of amides is 1. The number of pyridine rings is 1. The van der Waals surface area contributed by atoms with E-state index in [-0.39, 0.29) is 17.2 Å². The van der Waals surface area contributed by atoms with Crippen molar-refractivity contribution in [1.29, 1.82) is 0 Å². The zero-order valence-electron chi connectivity index (χ0n) is 14.2. The van der Waals surface area contributed by atoms with Gasteiger partial charge in [-0.1, -0.05) is 6.07 Å². The van der Waals surface area contributed by atoms with Crippen molar-refractivity contribution in [3.8, 4) is 0 Å². The fourth-order valence-corrected chi connectivity index (χ4v) is 3.37. The highest BCUT2D eigenvalue weighted by Crippen LogP contribution is 2.15. The molecule has 0 aliphatic carbocycles. The minimum absolute atomic E-state index is 0.214. The lowest BCUT2D eigenvalue weighted by Gasteiger charge is -2.20. The van der Waals surface area contributed by atoms with Crippen LogP contribution in [0.25, 0.3) is 11.0 Å². The van der Waals surface area contributed by atoms with Gasteiger partial charge in [0.05, 0.1) is 11.9 Å². The van der Waals surface area contributed by atoms with E-state index in [0.29, 0.717) is 18.5 Å². The van der Waals surface area contributed by atoms with Gasteiger partial charge in [-0.25, -0.2) is 9.78 Å². The maximum atomic E-state index is 12.8. The molecule has 0 spiro atoms. The quantitative estimate of drug-likeness (QED) is 0.705. The standard InChI is InChI=1S/C17H18N4O3S/c1-4-21(10-11-6-5-9-25-11)16(23)13-8-7-12-14(18-13)19(2)17(24)20(3)15(12)22/h5-9H,4,10H2,1-3H3. The SMILES string of the molecule is CCN(Cc1cccs1)C(=O)c1ccc2c(=O)n(C)c(=O)n(C)c2n1. The van der Waals surface area contributed by atoms with Crippen molar-refractivity contribution in [2.45, 2.75) is 13.5 Å². The molecule has 8 heteroatoms. The minimum Gasteiger partial charge on any atom is -0.332 e. The Balaban J connectivity index is 2.05. The van der Waals surface area contributed by atoms with Crippen molar-refractivity contribution in [3.63, 3.8) is 0 Å². The number of hydrogen-bond donors (Lipinski definition) is 0. The molecule has 3 aromatic heterocycles. The summed E-state index contributed by atoms with van der Waals surface area (Å²) in [5, 5.41) is 2.27. The second-order valence-corrected chi connectivity index (χ2v) is 6.70. The molecule has 0 N–H and O–H groups in total. The first kappa shape index (κ1) is 17.1. The summed E-state index contributed by atoms with van der Waals surface area (Å²) < 4.78 is 2.31. The van der Waals surface area contributed by atoms with Gasteiger partial charge in [-0.05, 0) is 30.5 Å². The van der Waals surface area contributed by atoms with Gasteiger partial charge in [-0.3, -0.25) is 18.7 Å². The maximum Gasteiger partial charge on any atom is 0.332 e. The molecule has 0 aliphatic heterocycles. The zero-order chi connectivity index (χ0) is 18.1. The van der Waals surface area contributed by atoms with Crippen molar-refractivity contribution in [2.75, 3.05) is 6.54 Å². The number of hydrogen-bond acceptors (Lipinski definition) is 5. The number of nitrogens with zero attached hydrogens (tertiary/aromatic N) is 4. The predicted octanol–water partition coefficient (Wildman–Crippen LogP) is 1.36. The topological polar surface area (TPSA) is 77.2 Å². The molecule has 0 aliphatic rings. The van der Waals surface area contributed by atoms with Gasteiger partial charge >= 0.3 is 5.69 Å². The Labute approximate surface area is 147 Å². The van der Waals surface area contributed by atoms with Crippen LogP contribution in [0.3, 0.4) is 0 Å². The normalized spacial score (nSPS) is 11.0. The molecule has 0 unspecified atom stereocenters. The summed E-state index contributed by atoms with van der Waals surface area (Å²) >= 11 is 1.59. The van der Waals surface area contributed by atoms with E-state index in [9.17, 15) is 14.4 Å². The third-order valence-corrected chi connectivity index (χ3v) is 4.98. The van der Waals surface area contributed by atoms with E-state index in [1.807, 2.05) is 24.4 Å². The Bertz CT molecular complexity index is 1050. The fraction of sp³-hybridized carbons (Fsp3) is 0.294. The van der Waals surface area contributed by atoms with Crippen molar-refractivity contribution in [3.05, 3.63) is 61.1 Å². The lowest BCUT2D eigenvalue weighted by atomic mass is 10.2. The fourth-order valence-electron chi connectivity index (χ4n) is 2.65. The Hall–Kier alpha value is -2.74. The third kappa shape index (κ3) is 3.00. The highest BCUT2D eigenvalue weighted by atomic mass is 32.1. The van der Waals surface area contributed by atoms with Crippen molar-refractivity contribution >= 4 is 28.3 Å². The van der Waals surface area contributed by atoms with Crippen LogP contribution in [0.5, 0.6) is 0 Å². The van der Waals surface area contributed by atoms with Gasteiger partial charge in [0.2, 0.25) is 0 Å². The highest BCUT2D eigenvalue weighted by molar-refractivity contribution is 7.09. The van der Waals surface area contributed by atoms with Gasteiger partial charge in [-0.2, -0.15) is 0 Å². The average Bonchev–Trinajstić information content (AvgIpc) is 3.14. The first-order chi connectivity index (χ1) is 11.9. The molecule has 0 saturated heterocycles. The molecule has 1 amide bonds. The first-order valence-corrected chi connectivity index (χ1v) is 8.70. The van der Waals surface area contributed by atoms with Crippen LogP contribution in [0.2, 0.25) is 0 Å². The molecule has 3 heterocycles. The monoisotopic (exact) mass is 358 g/mol. The summed E-state index contributed by atoms with van der Waals surface area (Å²) in [6.07, 6.45) is 0. The van der Waals surface area contributed by atoms with Crippen LogP contribution in [0.4, 0.5) is 0 Å². The van der Waals surface area contributed by atoms with E-state index in [1.165, 1.54) is 24.7 Å². The minimum atomic E-state index is -0.472. The van der Waals surface area contributed by atoms with Crippen LogP contribution in [0, 0.1) is 0 Å². The van der Waals surface area contributed by atoms with E-state index >= 15 is 0 Å². The van der Waals surface area contributed by atoms with Crippen LogP contribution in [-0.2, 0) is 20.6 Å². The number of thiophene rings is 1. The van der Waals surface area contributed by atoms with Crippen LogP contribution in [0.1, 0.15) is 22.3 Å². The smallest absolute Gasteiger partial charge is 0.332 e. The Morgan fingerprint density at radius 1 is 1.20 bits per heavy atom. The molecule has 0 atom stereocenters. The Kier molecular flexibility index (Phi) is 4.54. The summed E-state index contributed by atoms with van der Waals surface area (Å²) in [5.74, 6) is -0.231. The third-order valence-electron chi connectivity index (χ3n) is 4.12. The van der Waals surface area contributed by atoms with Crippen LogP contribution in [-0.4, -0.2) is 31.5 Å². The van der Waals surface area contributed by atoms with E-state index in [1.54, 1.807) is 22.3 Å². The molecule has 3 aromatic rings. The molecule has 0 saturated carbocycles. The summed E-state index contributed by atoms with van der Waals surface area (Å²) in [7, 11) is 2.96. The lowest BCUT2D eigenvalue weighted by molar-refractivity contribution is 0.0748. The molecule has 0 radical (unpaired) electrons. The van der Waals surface area contributed by atoms with E-state index in [0.717, 1.165) is 9.44 Å². The lowest BCUT2D eigenvalue weighted by Crippen LogP contribution is -2.37. The van der Waals surface area contributed by atoms with E-state index < -0.39 is 11.2 Å². The van der Waals surface area contributed by atoms with E-state index in [2.05, 4.69) is 4.98 Å². The largest absolute Gasteiger partial charge is 0.332 e. The number of carbonyl (C=O) groups is 1. The molecule has 7 nitrogen and oxygen atoms in total. The number of carbonyl (C=O) groups excluding carboxylic acids is 1. The summed E-state index contributed by atoms with van der Waals surface area (Å²) in [6.45, 7) is 2.94. The van der Waals surface area contributed by atoms with Gasteiger partial charge in [0, 0.05) is 25.5 Å². The summed E-state index contributed by atoms with van der Waals surface area (Å²) in [6, 6.07) is 7.00. The average molecular weight is 358 g/mol. The van der Waals surface area contributed by atoms with Gasteiger partial charge in [0.1, 0.15) is 11.3 Å². The second kappa shape index (κ2) is 6.64. The molecule has 0 bridgehead atoms. The van der Waals surface area contributed by atoms with Crippen LogP contribution in [0.15, 0.2) is 39.2 Å². The number of aromatic nitrogens is 3. The summed E-state index contributed by atoms with van der Waals surface area (Å²) in [5.41, 5.74) is -0.462. The van der Waals surface area contributed by atoms with Gasteiger partial charge in [0.25, 0.3) is 11.5 Å². The van der Waals surface area contributed by atoms with Gasteiger partial charge in [-0.15, -0.1) is 11.3 Å². The van der Waals surface area contributed by atoms with Gasteiger partial charge < -0.3 is 4.90 Å². The zero-order valence-corrected chi connectivity index (χ0v) is 15.0. The van der Waals surface area contributed by atoms with Crippen molar-refractivity contribution in [1.82, 2.24) is 19.0 Å². The molecule has 0 aromatic carbocycles. The Morgan fingerprint density at radius 2 is 1.96 bits per heavy atom. The molecular formula is C17H18N4O3S. The second-order valence-electron chi connectivity index (χ2n) is 5.67. The van der Waals surface area contributed by atoms with E-state index in [4.69, 9.17) is 0 Å². The van der Waals surface area contributed by atoms with Gasteiger partial charge in [0.15, 0.2) is 0 Å². The molecule has 25 heavy (non-hydrogen) atoms. The highest BCUT2D eigenvalue weighted by Gasteiger charge is 2.18. The molecule has 0 fully saturated rings. The predicted molar refractivity (Wildman–Crippen MR) is 97.0 cm³/mol. The first-order valence-electron chi connectivity index (χ1n) is 7.82. The molecular weight excluding hydrogens is 340 g/mol. The van der Waals surface area contributed by atoms with Crippen molar-refractivity contribution in [2.24, 2.45) is 14.1 Å². The summed E-state index contributed by atoms with van der Waals surface area (Å²) in [4.78, 5) is 44.1. The maximum absolute atomic E-state index is 12.8. The number of fused-ring (bicyclic) bond motifs is 1. The molecule has 130 valence electrons. The Morgan fingerprint density at radius 3 is 2.60 bits per heavy atom. The number of aryl methyl sites for hydroxylation is 1. The van der Waals surface area contributed by atoms with Crippen LogP contribution >= 0.6 is 11.3 Å². The van der Waals surface area contributed by atoms with Crippen LogP contribution < -0.4 is 11.2 Å².